The second kappa shape index (κ2) is 2.94. The lowest BCUT2D eigenvalue weighted by molar-refractivity contribution is 0.527. The molecule has 0 radical (unpaired) electrons. The summed E-state index contributed by atoms with van der Waals surface area (Å²) < 4.78 is 3.90. The molecule has 0 aromatic heterocycles. The molecule has 0 heterocycles. The zero-order chi connectivity index (χ0) is 4.99. The van der Waals surface area contributed by atoms with E-state index in [-0.39, 0.29) is 4.38 Å². The van der Waals surface area contributed by atoms with Crippen LogP contribution in [0.3, 0.4) is 0 Å². The summed E-state index contributed by atoms with van der Waals surface area (Å²) >= 11 is 7.68. The molecule has 0 bridgehead atoms. The SMILES string of the molecule is N#COC(=S)S. The zero-order valence-corrected chi connectivity index (χ0v) is 4.42. The summed E-state index contributed by atoms with van der Waals surface area (Å²) in [5, 5.41) is 7.63. The molecule has 0 unspecified atom stereocenters. The molecule has 0 amide bonds. The van der Waals surface area contributed by atoms with E-state index in [1.54, 1.807) is 0 Å². The van der Waals surface area contributed by atoms with E-state index in [1.165, 1.54) is 6.26 Å². The molecule has 0 atom stereocenters. The molecule has 0 saturated carbocycles. The molecule has 0 aromatic rings. The number of nitrogens with zero attached hydrogens (tertiary/aromatic N) is 1. The first kappa shape index (κ1) is 5.73. The van der Waals surface area contributed by atoms with Gasteiger partial charge < -0.3 is 4.74 Å². The van der Waals surface area contributed by atoms with Crippen molar-refractivity contribution in [3.63, 3.8) is 0 Å². The molecule has 32 valence electrons. The Hall–Kier alpha value is -0.270. The van der Waals surface area contributed by atoms with Gasteiger partial charge in [0.25, 0.3) is 6.26 Å². The maximum Gasteiger partial charge on any atom is 0.293 e. The number of hydrogen-bond acceptors (Lipinski definition) is 3. The van der Waals surface area contributed by atoms with Crippen molar-refractivity contribution in [3.8, 4) is 6.26 Å². The van der Waals surface area contributed by atoms with E-state index in [9.17, 15) is 0 Å². The third-order valence-electron chi connectivity index (χ3n) is 0.133. The Morgan fingerprint density at radius 1 is 2.00 bits per heavy atom. The third-order valence-corrected chi connectivity index (χ3v) is 0.308. The van der Waals surface area contributed by atoms with Crippen LogP contribution >= 0.6 is 24.8 Å². The van der Waals surface area contributed by atoms with Gasteiger partial charge in [0, 0.05) is 0 Å². The second-order valence-electron chi connectivity index (χ2n) is 0.459. The minimum atomic E-state index is -0.0440. The van der Waals surface area contributed by atoms with Gasteiger partial charge in [0.1, 0.15) is 0 Å². The van der Waals surface area contributed by atoms with E-state index >= 15 is 0 Å². The summed E-state index contributed by atoms with van der Waals surface area (Å²) in [4.78, 5) is 0. The van der Waals surface area contributed by atoms with Crippen LogP contribution in [0.15, 0.2) is 0 Å². The van der Waals surface area contributed by atoms with E-state index in [2.05, 4.69) is 29.6 Å². The maximum atomic E-state index is 7.63. The van der Waals surface area contributed by atoms with Gasteiger partial charge in [0.2, 0.25) is 4.38 Å². The monoisotopic (exact) mass is 119 g/mol. The fourth-order valence-electron chi connectivity index (χ4n) is 0.0390. The predicted octanol–water partition coefficient (Wildman–Crippen LogP) is 0.699. The van der Waals surface area contributed by atoms with Gasteiger partial charge in [0.15, 0.2) is 0 Å². The fraction of sp³-hybridized carbons (Fsp3) is 0. The quantitative estimate of drug-likeness (QED) is 0.289. The molecule has 0 aliphatic rings. The number of rotatable bonds is 0. The van der Waals surface area contributed by atoms with E-state index in [0.29, 0.717) is 0 Å². The zero-order valence-electron chi connectivity index (χ0n) is 2.71. The van der Waals surface area contributed by atoms with Crippen molar-refractivity contribution in [3.05, 3.63) is 0 Å². The molecule has 0 aliphatic carbocycles. The van der Waals surface area contributed by atoms with Crippen molar-refractivity contribution < 1.29 is 4.74 Å². The van der Waals surface area contributed by atoms with Crippen LogP contribution in [-0.4, -0.2) is 4.38 Å². The van der Waals surface area contributed by atoms with Crippen LogP contribution in [0, 0.1) is 11.5 Å². The Morgan fingerprint density at radius 2 is 2.50 bits per heavy atom. The highest BCUT2D eigenvalue weighted by Gasteiger charge is 1.78. The highest BCUT2D eigenvalue weighted by molar-refractivity contribution is 8.10. The first-order valence-electron chi connectivity index (χ1n) is 1.06. The third kappa shape index (κ3) is 3.73. The van der Waals surface area contributed by atoms with Gasteiger partial charge in [-0.25, -0.2) is 0 Å². The fourth-order valence-corrected chi connectivity index (χ4v) is 0.117. The summed E-state index contributed by atoms with van der Waals surface area (Å²) in [6.07, 6.45) is 1.35. The molecule has 0 aromatic carbocycles. The Bertz CT molecular complexity index is 94.2. The number of thiol groups is 1. The van der Waals surface area contributed by atoms with Gasteiger partial charge in [-0.05, 0) is 12.2 Å². The molecular weight excluding hydrogens is 118 g/mol. The molecule has 0 rings (SSSR count). The van der Waals surface area contributed by atoms with Crippen molar-refractivity contribution in [2.24, 2.45) is 0 Å². The molecule has 4 heteroatoms. The van der Waals surface area contributed by atoms with Gasteiger partial charge in [-0.1, -0.05) is 12.6 Å². The van der Waals surface area contributed by atoms with Crippen LogP contribution in [0.4, 0.5) is 0 Å². The normalized spacial score (nSPS) is 6.00. The molecule has 2 nitrogen and oxygen atoms in total. The minimum absolute atomic E-state index is 0.0440. The van der Waals surface area contributed by atoms with E-state index in [1.807, 2.05) is 0 Å². The first-order chi connectivity index (χ1) is 2.77. The Labute approximate surface area is 46.1 Å². The predicted molar refractivity (Wildman–Crippen MR) is 28.3 cm³/mol. The lowest BCUT2D eigenvalue weighted by Crippen LogP contribution is -1.79. The van der Waals surface area contributed by atoms with Gasteiger partial charge >= 0.3 is 0 Å². The van der Waals surface area contributed by atoms with Crippen LogP contribution in [-0.2, 0) is 4.74 Å². The summed E-state index contributed by atoms with van der Waals surface area (Å²) in [5.74, 6) is 0. The number of hydrogen-bond donors (Lipinski definition) is 1. The summed E-state index contributed by atoms with van der Waals surface area (Å²) in [6, 6.07) is 0. The van der Waals surface area contributed by atoms with Crippen molar-refractivity contribution >= 4 is 29.2 Å². The Balaban J connectivity index is 3.13. The average molecular weight is 119 g/mol. The number of ether oxygens (including phenoxy) is 1. The molecule has 0 fully saturated rings. The average Bonchev–Trinajstić information content (AvgIpc) is 1.35. The largest absolute Gasteiger partial charge is 0.369 e. The molecule has 6 heavy (non-hydrogen) atoms. The Morgan fingerprint density at radius 3 is 2.50 bits per heavy atom. The van der Waals surface area contributed by atoms with Crippen molar-refractivity contribution in [1.82, 2.24) is 0 Å². The molecule has 0 aliphatic heterocycles. The van der Waals surface area contributed by atoms with Crippen LogP contribution in [0.2, 0.25) is 0 Å². The van der Waals surface area contributed by atoms with Crippen molar-refractivity contribution in [1.29, 1.82) is 5.26 Å². The van der Waals surface area contributed by atoms with Gasteiger partial charge in [-0.3, -0.25) is 0 Å². The van der Waals surface area contributed by atoms with Gasteiger partial charge in [-0.2, -0.15) is 0 Å². The summed E-state index contributed by atoms with van der Waals surface area (Å²) in [5.41, 5.74) is 0. The van der Waals surface area contributed by atoms with Crippen molar-refractivity contribution in [2.75, 3.05) is 0 Å². The van der Waals surface area contributed by atoms with Crippen LogP contribution in [0.5, 0.6) is 0 Å². The standard InChI is InChI=1S/C2HNOS2/c3-1-4-2(5)6/h(H,5,6). The maximum absolute atomic E-state index is 7.63. The highest BCUT2D eigenvalue weighted by Crippen LogP contribution is 1.81. The van der Waals surface area contributed by atoms with E-state index in [4.69, 9.17) is 5.26 Å². The van der Waals surface area contributed by atoms with Crippen molar-refractivity contribution in [2.45, 2.75) is 0 Å². The lowest BCUT2D eigenvalue weighted by Gasteiger charge is -1.78. The lowest BCUT2D eigenvalue weighted by atomic mass is 11.5. The van der Waals surface area contributed by atoms with Gasteiger partial charge in [0.05, 0.1) is 0 Å². The van der Waals surface area contributed by atoms with Gasteiger partial charge in [-0.15, -0.1) is 5.26 Å². The first-order valence-corrected chi connectivity index (χ1v) is 1.92. The minimum Gasteiger partial charge on any atom is -0.369 e. The second-order valence-corrected chi connectivity index (χ2v) is 1.54. The van der Waals surface area contributed by atoms with E-state index in [0.717, 1.165) is 0 Å². The molecular formula is C2HNOS2. The number of nitriles is 1. The highest BCUT2D eigenvalue weighted by atomic mass is 32.1. The summed E-state index contributed by atoms with van der Waals surface area (Å²) in [6.45, 7) is 0. The smallest absolute Gasteiger partial charge is 0.293 e. The molecule has 0 spiro atoms. The summed E-state index contributed by atoms with van der Waals surface area (Å²) in [7, 11) is 0. The van der Waals surface area contributed by atoms with Crippen LogP contribution < -0.4 is 0 Å². The topological polar surface area (TPSA) is 33.0 Å². The van der Waals surface area contributed by atoms with E-state index < -0.39 is 0 Å². The molecule has 0 saturated heterocycles. The van der Waals surface area contributed by atoms with Crippen LogP contribution in [0.1, 0.15) is 0 Å². The number of thiocarbonyl (C=S) groups is 1. The Kier molecular flexibility index (Phi) is 2.81. The molecule has 0 N–H and O–H groups in total. The van der Waals surface area contributed by atoms with Crippen LogP contribution in [0.25, 0.3) is 0 Å².